The van der Waals surface area contributed by atoms with Crippen LogP contribution in [-0.2, 0) is 0 Å². The second-order valence-corrected chi connectivity index (χ2v) is 47.1. The van der Waals surface area contributed by atoms with Crippen LogP contribution in [0, 0.1) is 173 Å². The average molecular weight is 1460 g/mol. The number of nitrogens with two attached hydrogens (primary N) is 7. The van der Waals surface area contributed by atoms with E-state index in [0.717, 1.165) is 145 Å². The summed E-state index contributed by atoms with van der Waals surface area (Å²) in [6.45, 7) is 25.6. The summed E-state index contributed by atoms with van der Waals surface area (Å²) in [6, 6.07) is 1.06. The second kappa shape index (κ2) is 28.8. The first-order chi connectivity index (χ1) is 49.7. The van der Waals surface area contributed by atoms with Crippen LogP contribution in [0.25, 0.3) is 0 Å². The van der Waals surface area contributed by atoms with Gasteiger partial charge >= 0.3 is 0 Å². The first-order valence-corrected chi connectivity index (χ1v) is 47.1. The molecule has 0 aliphatic heterocycles. The standard InChI is InChI=1S/2C19H34N2.3C19H33NO/c1-18-9-3-4-13(18)12-5-6-15-17(21)16(20)8-11-19(15,2)14(12)7-10-18;1-18-8-3-4-14(18)13-6-5-12-10-16(20)17(21)11-19(12,2)15(13)7-9-18;1-18-9-3-4-13(18)12-5-6-15-17(20)16(21)8-11-19(15,2)14(12)7-10-18;1-18-8-3-4-14(18)13-6-5-12-10-17(21)16(20)11-19(12,2)15(13)7-9-18;1-18-8-3-4-14(18)13-6-5-12-10-16(20)17(21)11-19(12,2)15(13)7-9-18/h2*12-17H,3-11,20-21H2,1-2H3;3*12-17,21H,3-11,20H2,1-2H3/t12-,13-,14-,15-,16?,17?,18-,19+;12-,13-,14-,15-,16?,17?,18-,19-;12-,13-,14-,15-,16?,17?,18-,19+;2*12-,13-,14-,15-,16?,17?,18-,19-/m00000/s1. The lowest BCUT2D eigenvalue weighted by atomic mass is 9.44. The molecule has 10 nitrogen and oxygen atoms in total. The van der Waals surface area contributed by atoms with E-state index in [9.17, 15) is 15.3 Å². The number of aliphatic hydroxyl groups is 3. The molecular formula is C95H167N7O3. The monoisotopic (exact) mass is 1450 g/mol. The molecule has 10 unspecified atom stereocenters. The largest absolute Gasteiger partial charge is 0.392 e. The summed E-state index contributed by atoms with van der Waals surface area (Å²) in [5.41, 5.74) is 49.9. The summed E-state index contributed by atoms with van der Waals surface area (Å²) >= 11 is 0. The molecule has 20 aliphatic rings. The van der Waals surface area contributed by atoms with E-state index in [-0.39, 0.29) is 60.6 Å². The van der Waals surface area contributed by atoms with Gasteiger partial charge in [-0.15, -0.1) is 0 Å². The van der Waals surface area contributed by atoms with E-state index >= 15 is 0 Å². The van der Waals surface area contributed by atoms with Crippen molar-refractivity contribution in [3.63, 3.8) is 0 Å². The van der Waals surface area contributed by atoms with Crippen LogP contribution < -0.4 is 40.1 Å². The van der Waals surface area contributed by atoms with Gasteiger partial charge in [0.15, 0.2) is 0 Å². The van der Waals surface area contributed by atoms with Crippen LogP contribution in [-0.4, -0.2) is 75.9 Å². The summed E-state index contributed by atoms with van der Waals surface area (Å²) in [6.07, 6.45) is 60.8. The minimum absolute atomic E-state index is 0.0156. The highest BCUT2D eigenvalue weighted by atomic mass is 16.3. The fourth-order valence-corrected chi connectivity index (χ4v) is 36.9. The van der Waals surface area contributed by atoms with E-state index in [4.69, 9.17) is 40.1 Å². The fourth-order valence-electron chi connectivity index (χ4n) is 36.9. The zero-order chi connectivity index (χ0) is 74.1. The van der Waals surface area contributed by atoms with E-state index < -0.39 is 0 Å². The second-order valence-electron chi connectivity index (χ2n) is 47.1. The van der Waals surface area contributed by atoms with E-state index in [1.165, 1.54) is 250 Å². The first kappa shape index (κ1) is 78.5. The highest BCUT2D eigenvalue weighted by molar-refractivity contribution is 5.16. The molecule has 0 radical (unpaired) electrons. The number of fused-ring (bicyclic) bond motifs is 25. The Morgan fingerprint density at radius 2 is 0.524 bits per heavy atom. The minimum Gasteiger partial charge on any atom is -0.392 e. The Morgan fingerprint density at radius 3 is 0.914 bits per heavy atom. The van der Waals surface area contributed by atoms with Crippen molar-refractivity contribution in [1.82, 2.24) is 0 Å². The molecule has 17 N–H and O–H groups in total. The molecule has 105 heavy (non-hydrogen) atoms. The smallest absolute Gasteiger partial charge is 0.0696 e. The molecule has 20 fully saturated rings. The van der Waals surface area contributed by atoms with Gasteiger partial charge in [-0.2, -0.15) is 0 Å². The number of aliphatic hydroxyl groups excluding tert-OH is 3. The van der Waals surface area contributed by atoms with Crippen molar-refractivity contribution in [2.75, 3.05) is 0 Å². The molecule has 0 aromatic carbocycles. The fraction of sp³-hybridized carbons (Fsp3) is 1.00. The van der Waals surface area contributed by atoms with Crippen LogP contribution in [0.5, 0.6) is 0 Å². The molecule has 0 bridgehead atoms. The normalized spacial score (nSPS) is 60.0. The van der Waals surface area contributed by atoms with Gasteiger partial charge < -0.3 is 55.5 Å². The van der Waals surface area contributed by atoms with Crippen LogP contribution in [0.2, 0.25) is 0 Å². The molecule has 20 rings (SSSR count). The maximum absolute atomic E-state index is 10.4. The van der Waals surface area contributed by atoms with E-state index in [1.54, 1.807) is 0 Å². The summed E-state index contributed by atoms with van der Waals surface area (Å²) in [4.78, 5) is 0. The Balaban J connectivity index is 0.000000101. The zero-order valence-corrected chi connectivity index (χ0v) is 69.5. The summed E-state index contributed by atoms with van der Waals surface area (Å²) in [7, 11) is 0. The van der Waals surface area contributed by atoms with Crippen molar-refractivity contribution in [2.24, 2.45) is 213 Å². The van der Waals surface area contributed by atoms with Gasteiger partial charge in [0.25, 0.3) is 0 Å². The molecule has 0 amide bonds. The summed E-state index contributed by atoms with van der Waals surface area (Å²) < 4.78 is 0. The van der Waals surface area contributed by atoms with Gasteiger partial charge in [0.1, 0.15) is 0 Å². The van der Waals surface area contributed by atoms with E-state index in [1.807, 2.05) is 0 Å². The predicted octanol–water partition coefficient (Wildman–Crippen LogP) is 18.5. The van der Waals surface area contributed by atoms with Gasteiger partial charge in [0.05, 0.1) is 18.3 Å². The van der Waals surface area contributed by atoms with Gasteiger partial charge in [0.2, 0.25) is 0 Å². The lowest BCUT2D eigenvalue weighted by Crippen LogP contribution is -2.62. The van der Waals surface area contributed by atoms with E-state index in [2.05, 4.69) is 69.2 Å². The lowest BCUT2D eigenvalue weighted by molar-refractivity contribution is -0.129. The molecule has 20 saturated carbocycles. The molecule has 0 heterocycles. The third kappa shape index (κ3) is 13.0. The number of hydrogen-bond acceptors (Lipinski definition) is 10. The van der Waals surface area contributed by atoms with Crippen molar-refractivity contribution < 1.29 is 15.3 Å². The highest BCUT2D eigenvalue weighted by Crippen LogP contribution is 2.72. The van der Waals surface area contributed by atoms with E-state index in [0.29, 0.717) is 66.0 Å². The highest BCUT2D eigenvalue weighted by Gasteiger charge is 2.65. The van der Waals surface area contributed by atoms with Crippen molar-refractivity contribution in [3.05, 3.63) is 0 Å². The molecule has 40 atom stereocenters. The zero-order valence-electron chi connectivity index (χ0n) is 69.5. The molecule has 0 spiro atoms. The maximum atomic E-state index is 10.4. The van der Waals surface area contributed by atoms with Crippen molar-refractivity contribution in [2.45, 2.75) is 419 Å². The first-order valence-electron chi connectivity index (χ1n) is 47.1. The Hall–Kier alpha value is -0.400. The van der Waals surface area contributed by atoms with Crippen molar-refractivity contribution in [3.8, 4) is 0 Å². The number of hydrogen-bond donors (Lipinski definition) is 10. The number of rotatable bonds is 0. The Bertz CT molecular complexity index is 2670. The van der Waals surface area contributed by atoms with Gasteiger partial charge in [-0.1, -0.05) is 101 Å². The maximum Gasteiger partial charge on any atom is 0.0696 e. The molecule has 600 valence electrons. The molecular weight excluding hydrogens is 1290 g/mol. The van der Waals surface area contributed by atoms with Crippen LogP contribution in [0.3, 0.4) is 0 Å². The van der Waals surface area contributed by atoms with Crippen molar-refractivity contribution >= 4 is 0 Å². The summed E-state index contributed by atoms with van der Waals surface area (Å²) in [5, 5.41) is 30.8. The quantitative estimate of drug-likeness (QED) is 0.110. The summed E-state index contributed by atoms with van der Waals surface area (Å²) in [5.74, 6) is 17.9. The molecule has 20 aliphatic carbocycles. The molecule has 0 saturated heterocycles. The Labute approximate surface area is 643 Å². The third-order valence-corrected chi connectivity index (χ3v) is 43.0. The minimum atomic E-state index is -0.262. The van der Waals surface area contributed by atoms with Crippen LogP contribution >= 0.6 is 0 Å². The lowest BCUT2D eigenvalue weighted by Gasteiger charge is -2.61. The van der Waals surface area contributed by atoms with Gasteiger partial charge in [-0.05, 0) is 429 Å². The molecule has 0 aromatic heterocycles. The van der Waals surface area contributed by atoms with Crippen LogP contribution in [0.1, 0.15) is 358 Å². The molecule has 0 aromatic rings. The Morgan fingerprint density at radius 1 is 0.210 bits per heavy atom. The third-order valence-electron chi connectivity index (χ3n) is 43.0. The van der Waals surface area contributed by atoms with Gasteiger partial charge in [-0.3, -0.25) is 0 Å². The van der Waals surface area contributed by atoms with Crippen LogP contribution in [0.15, 0.2) is 0 Å². The topological polar surface area (TPSA) is 243 Å². The van der Waals surface area contributed by atoms with Crippen molar-refractivity contribution in [1.29, 1.82) is 0 Å². The Kier molecular flexibility index (Phi) is 21.5. The van der Waals surface area contributed by atoms with Gasteiger partial charge in [-0.25, -0.2) is 0 Å². The molecule has 10 heteroatoms. The SMILES string of the molecule is C[C@@]12CCC[C@H]1[C@@H]1CC[C@H]3C(N)C(N)CC[C@]3(C)[C@H]1CC2.C[C@@]12CCC[C@H]1[C@@H]1CC[C@H]3C(N)C(O)CC[C@]3(C)[C@H]1CC2.C[C@@]12CCC[C@H]1[C@@H]1CC[C@H]3CC(N)C(N)C[C@]3(C)[C@H]1CC2.C[C@@]12CCC[C@H]1[C@@H]1CC[C@H]3CC(N)C(O)C[C@]3(C)[C@H]1CC2.C[C@@]12CCC[C@H]1[C@@H]1CC[C@H]3CC(O)C(N)C[C@]3(C)[C@H]1CC2. The van der Waals surface area contributed by atoms with Gasteiger partial charge in [0, 0.05) is 42.3 Å². The average Bonchev–Trinajstić information content (AvgIpc) is 1.74. The van der Waals surface area contributed by atoms with Crippen LogP contribution in [0.4, 0.5) is 0 Å². The predicted molar refractivity (Wildman–Crippen MR) is 432 cm³/mol.